The summed E-state index contributed by atoms with van der Waals surface area (Å²) < 4.78 is 17.9. The first kappa shape index (κ1) is 9.44. The molecular weight excluding hydrogens is 177 g/mol. The zero-order valence-corrected chi connectivity index (χ0v) is 7.28. The van der Waals surface area contributed by atoms with Crippen LogP contribution in [0.25, 0.3) is 0 Å². The van der Waals surface area contributed by atoms with Gasteiger partial charge in [-0.2, -0.15) is 4.39 Å². The van der Waals surface area contributed by atoms with Gasteiger partial charge in [-0.3, -0.25) is 0 Å². The number of benzene rings is 1. The molecule has 70 valence electrons. The van der Waals surface area contributed by atoms with Gasteiger partial charge in [0.15, 0.2) is 7.11 Å². The highest BCUT2D eigenvalue weighted by molar-refractivity contribution is 5.46. The predicted molar refractivity (Wildman–Crippen MR) is 43.2 cm³/mol. The monoisotopic (exact) mass is 186 g/mol. The smallest absolute Gasteiger partial charge is 0.393 e. The van der Waals surface area contributed by atoms with Crippen molar-refractivity contribution in [1.82, 2.24) is 0 Å². The summed E-state index contributed by atoms with van der Waals surface area (Å²) in [4.78, 5) is 15.4. The van der Waals surface area contributed by atoms with Gasteiger partial charge in [-0.25, -0.2) is 4.84 Å². The third-order valence-corrected chi connectivity index (χ3v) is 1.52. The van der Waals surface area contributed by atoms with Crippen LogP contribution in [0, 0.1) is 10.7 Å². The van der Waals surface area contributed by atoms with Gasteiger partial charge in [-0.15, -0.1) is 0 Å². The average Bonchev–Trinajstić information content (AvgIpc) is 2.16. The van der Waals surface area contributed by atoms with Gasteiger partial charge in [0.05, 0.1) is 12.0 Å². The molecule has 0 unspecified atom stereocenters. The Morgan fingerprint density at radius 2 is 2.08 bits per heavy atom. The van der Waals surface area contributed by atoms with Crippen LogP contribution in [0.5, 0.6) is 5.75 Å². The van der Waals surface area contributed by atoms with Crippen molar-refractivity contribution in [2.75, 3.05) is 14.2 Å². The van der Waals surface area contributed by atoms with Gasteiger partial charge in [0.25, 0.3) is 4.92 Å². The van der Waals surface area contributed by atoms with Crippen molar-refractivity contribution in [3.63, 3.8) is 0 Å². The highest BCUT2D eigenvalue weighted by Gasteiger charge is 2.27. The maximum absolute atomic E-state index is 13.1. The van der Waals surface area contributed by atoms with Crippen molar-refractivity contribution >= 4 is 5.69 Å². The van der Waals surface area contributed by atoms with Crippen LogP contribution < -0.4 is 4.74 Å². The molecule has 1 rings (SSSR count). The third kappa shape index (κ3) is 1.74. The molecule has 0 aliphatic carbocycles. The largest absolute Gasteiger partial charge is 0.490 e. The number of hydrogen-bond acceptors (Lipinski definition) is 3. The summed E-state index contributed by atoms with van der Waals surface area (Å²) in [6.07, 6.45) is 0. The second kappa shape index (κ2) is 3.84. The van der Waals surface area contributed by atoms with Gasteiger partial charge < -0.3 is 4.74 Å². The Balaban J connectivity index is 3.22. The topological polar surface area (TPSA) is 38.5 Å². The van der Waals surface area contributed by atoms with Gasteiger partial charge in [0, 0.05) is 0 Å². The molecule has 0 radical (unpaired) electrons. The molecule has 0 heterocycles. The zero-order valence-electron chi connectivity index (χ0n) is 7.28. The Kier molecular flexibility index (Phi) is 2.79. The van der Waals surface area contributed by atoms with E-state index in [4.69, 9.17) is 4.74 Å². The minimum absolute atomic E-state index is 0.0637. The zero-order chi connectivity index (χ0) is 9.84. The molecule has 1 aromatic carbocycles. The maximum atomic E-state index is 13.1. The van der Waals surface area contributed by atoms with E-state index in [9.17, 15) is 9.30 Å². The van der Waals surface area contributed by atoms with Crippen LogP contribution in [0.4, 0.5) is 10.1 Å². The number of hydrogen-bond donors (Lipinski definition) is 0. The van der Waals surface area contributed by atoms with Crippen molar-refractivity contribution in [2.24, 2.45) is 0 Å². The molecule has 5 heteroatoms. The minimum Gasteiger partial charge on any atom is -0.490 e. The van der Waals surface area contributed by atoms with E-state index in [2.05, 4.69) is 4.84 Å². The number of rotatable bonds is 3. The van der Waals surface area contributed by atoms with Crippen molar-refractivity contribution in [3.8, 4) is 5.75 Å². The fourth-order valence-corrected chi connectivity index (χ4v) is 0.929. The lowest BCUT2D eigenvalue weighted by Gasteiger charge is -1.98. The fourth-order valence-electron chi connectivity index (χ4n) is 0.929. The van der Waals surface area contributed by atoms with Crippen LogP contribution in [0.2, 0.25) is 0 Å². The van der Waals surface area contributed by atoms with Crippen LogP contribution in [0.3, 0.4) is 0 Å². The van der Waals surface area contributed by atoms with Crippen molar-refractivity contribution in [3.05, 3.63) is 28.9 Å². The van der Waals surface area contributed by atoms with Crippen molar-refractivity contribution in [1.29, 1.82) is 0 Å². The molecule has 0 aromatic heterocycles. The number of para-hydroxylation sites is 1. The van der Waals surface area contributed by atoms with Crippen LogP contribution in [-0.2, 0) is 4.84 Å². The lowest BCUT2D eigenvalue weighted by atomic mass is 10.3. The third-order valence-electron chi connectivity index (χ3n) is 1.52. The second-order valence-electron chi connectivity index (χ2n) is 2.23. The lowest BCUT2D eigenvalue weighted by Crippen LogP contribution is -2.02. The summed E-state index contributed by atoms with van der Waals surface area (Å²) in [5, 5.41) is 0. The van der Waals surface area contributed by atoms with E-state index in [1.54, 1.807) is 0 Å². The first-order valence-electron chi connectivity index (χ1n) is 3.54. The van der Waals surface area contributed by atoms with Crippen LogP contribution in [0.1, 0.15) is 0 Å². The molecule has 0 bridgehead atoms. The molecule has 1 aromatic rings. The van der Waals surface area contributed by atoms with Crippen LogP contribution in [0.15, 0.2) is 18.2 Å². The van der Waals surface area contributed by atoms with E-state index in [-0.39, 0.29) is 16.4 Å². The summed E-state index contributed by atoms with van der Waals surface area (Å²) in [5.41, 5.74) is -0.257. The lowest BCUT2D eigenvalue weighted by molar-refractivity contribution is -0.738. The molecule has 0 saturated heterocycles. The number of ether oxygens (including phenoxy) is 1. The van der Waals surface area contributed by atoms with Crippen molar-refractivity contribution in [2.45, 2.75) is 0 Å². The molecule has 0 atom stereocenters. The van der Waals surface area contributed by atoms with Gasteiger partial charge in [0.1, 0.15) is 0 Å². The highest BCUT2D eigenvalue weighted by atomic mass is 19.1. The summed E-state index contributed by atoms with van der Waals surface area (Å²) >= 11 is 0. The van der Waals surface area contributed by atoms with E-state index in [1.165, 1.54) is 19.2 Å². The molecule has 0 aliphatic heterocycles. The molecule has 0 N–H and O–H groups in total. The number of nitrogens with zero attached hydrogens (tertiary/aromatic N) is 1. The van der Waals surface area contributed by atoms with Crippen LogP contribution >= 0.6 is 0 Å². The Hall–Kier alpha value is -1.65. The normalized spacial score (nSPS) is 9.46. The maximum Gasteiger partial charge on any atom is 0.393 e. The van der Waals surface area contributed by atoms with E-state index < -0.39 is 5.82 Å². The molecule has 13 heavy (non-hydrogen) atoms. The fraction of sp³-hybridized carbons (Fsp3) is 0.250. The van der Waals surface area contributed by atoms with Gasteiger partial charge in [-0.05, 0) is 12.1 Å². The molecule has 0 saturated carbocycles. The van der Waals surface area contributed by atoms with Gasteiger partial charge in [0.2, 0.25) is 11.6 Å². The highest BCUT2D eigenvalue weighted by Crippen LogP contribution is 2.29. The molecular formula is C8H9FNO3+. The number of halogens is 1. The molecule has 0 amide bonds. The molecule has 0 aliphatic rings. The van der Waals surface area contributed by atoms with E-state index in [0.29, 0.717) is 0 Å². The van der Waals surface area contributed by atoms with E-state index in [0.717, 1.165) is 13.2 Å². The Bertz CT molecular complexity index is 327. The van der Waals surface area contributed by atoms with E-state index in [1.807, 2.05) is 0 Å². The quantitative estimate of drug-likeness (QED) is 0.675. The standard InChI is InChI=1S/C8H9FNO3/c1-12-7-5-3-4-6(9)8(7)10(11)13-2/h3-5H,1-2H3/q+1. The first-order chi connectivity index (χ1) is 6.20. The molecule has 0 fully saturated rings. The Morgan fingerprint density at radius 1 is 1.38 bits per heavy atom. The summed E-state index contributed by atoms with van der Waals surface area (Å²) in [5.74, 6) is -0.548. The first-order valence-corrected chi connectivity index (χ1v) is 3.54. The Labute approximate surface area is 74.4 Å². The average molecular weight is 186 g/mol. The van der Waals surface area contributed by atoms with E-state index >= 15 is 0 Å². The molecule has 0 spiro atoms. The number of methoxy groups -OCH3 is 1. The summed E-state index contributed by atoms with van der Waals surface area (Å²) in [6, 6.07) is 4.07. The van der Waals surface area contributed by atoms with Gasteiger partial charge in [-0.1, -0.05) is 6.07 Å². The predicted octanol–water partition coefficient (Wildman–Crippen LogP) is 1.81. The second-order valence-corrected chi connectivity index (χ2v) is 2.23. The van der Waals surface area contributed by atoms with Gasteiger partial charge >= 0.3 is 5.69 Å². The van der Waals surface area contributed by atoms with Crippen molar-refractivity contribution < 1.29 is 18.9 Å². The SMILES string of the molecule is COc1cccc(F)c1[N+](=O)OC. The summed E-state index contributed by atoms with van der Waals surface area (Å²) in [6.45, 7) is 0. The summed E-state index contributed by atoms with van der Waals surface area (Å²) in [7, 11) is 2.50. The van der Waals surface area contributed by atoms with Crippen LogP contribution in [-0.4, -0.2) is 19.1 Å². The molecule has 4 nitrogen and oxygen atoms in total. The Morgan fingerprint density at radius 3 is 2.62 bits per heavy atom. The minimum atomic E-state index is -0.684.